The summed E-state index contributed by atoms with van der Waals surface area (Å²) in [6.07, 6.45) is 3.74. The molecule has 3 unspecified atom stereocenters. The van der Waals surface area contributed by atoms with Crippen molar-refractivity contribution in [2.45, 2.75) is 52.5 Å². The van der Waals surface area contributed by atoms with Crippen LogP contribution in [-0.2, 0) is 9.59 Å². The van der Waals surface area contributed by atoms with Gasteiger partial charge >= 0.3 is 5.97 Å². The van der Waals surface area contributed by atoms with Crippen LogP contribution in [0.2, 0.25) is 0 Å². The Kier molecular flexibility index (Phi) is 3.39. The molecule has 4 nitrogen and oxygen atoms in total. The summed E-state index contributed by atoms with van der Waals surface area (Å²) in [4.78, 5) is 25.5. The molecule has 1 saturated carbocycles. The van der Waals surface area contributed by atoms with Gasteiger partial charge in [0.05, 0.1) is 5.92 Å². The van der Waals surface area contributed by atoms with E-state index in [0.717, 1.165) is 19.3 Å². The van der Waals surface area contributed by atoms with Crippen molar-refractivity contribution in [3.05, 3.63) is 0 Å². The fourth-order valence-corrected chi connectivity index (χ4v) is 3.57. The second kappa shape index (κ2) is 4.56. The highest BCUT2D eigenvalue weighted by molar-refractivity contribution is 5.82. The van der Waals surface area contributed by atoms with Gasteiger partial charge in [0.15, 0.2) is 0 Å². The van der Waals surface area contributed by atoms with Crippen LogP contribution in [0, 0.1) is 17.3 Å². The Labute approximate surface area is 108 Å². The zero-order chi connectivity index (χ0) is 13.5. The number of carboxylic acid groups (broad SMARTS) is 1. The summed E-state index contributed by atoms with van der Waals surface area (Å²) in [5, 5.41) is 9.11. The minimum Gasteiger partial charge on any atom is -0.481 e. The summed E-state index contributed by atoms with van der Waals surface area (Å²) in [6.45, 7) is 6.77. The van der Waals surface area contributed by atoms with Gasteiger partial charge < -0.3 is 10.0 Å². The van der Waals surface area contributed by atoms with Crippen molar-refractivity contribution in [3.8, 4) is 0 Å². The molecule has 1 aliphatic carbocycles. The normalized spacial score (nSPS) is 34.8. The summed E-state index contributed by atoms with van der Waals surface area (Å²) < 4.78 is 0. The zero-order valence-corrected chi connectivity index (χ0v) is 11.5. The predicted molar refractivity (Wildman–Crippen MR) is 68.0 cm³/mol. The van der Waals surface area contributed by atoms with E-state index in [9.17, 15) is 9.59 Å². The molecule has 2 rings (SSSR count). The van der Waals surface area contributed by atoms with Crippen molar-refractivity contribution in [2.75, 3.05) is 6.54 Å². The van der Waals surface area contributed by atoms with Gasteiger partial charge in [-0.1, -0.05) is 20.3 Å². The van der Waals surface area contributed by atoms with Crippen LogP contribution in [-0.4, -0.2) is 34.5 Å². The fourth-order valence-electron chi connectivity index (χ4n) is 3.57. The number of carbonyl (C=O) groups excluding carboxylic acids is 1. The average Bonchev–Trinajstić information content (AvgIpc) is 2.80. The summed E-state index contributed by atoms with van der Waals surface area (Å²) in [5.74, 6) is -0.914. The van der Waals surface area contributed by atoms with E-state index in [1.807, 2.05) is 6.92 Å². The van der Waals surface area contributed by atoms with Gasteiger partial charge in [-0.2, -0.15) is 0 Å². The maximum Gasteiger partial charge on any atom is 0.308 e. The topological polar surface area (TPSA) is 57.6 Å². The minimum atomic E-state index is -0.775. The van der Waals surface area contributed by atoms with E-state index in [4.69, 9.17) is 5.11 Å². The smallest absolute Gasteiger partial charge is 0.308 e. The van der Waals surface area contributed by atoms with E-state index >= 15 is 0 Å². The molecule has 2 aliphatic rings. The molecule has 1 saturated heterocycles. The molecule has 0 aromatic rings. The number of aliphatic carboxylic acids is 1. The van der Waals surface area contributed by atoms with Crippen LogP contribution < -0.4 is 0 Å². The molecule has 1 aliphatic heterocycles. The molecule has 1 amide bonds. The molecule has 4 heteroatoms. The summed E-state index contributed by atoms with van der Waals surface area (Å²) >= 11 is 0. The maximum atomic E-state index is 12.6. The van der Waals surface area contributed by atoms with Crippen molar-refractivity contribution in [3.63, 3.8) is 0 Å². The Morgan fingerprint density at radius 3 is 2.39 bits per heavy atom. The van der Waals surface area contributed by atoms with Crippen LogP contribution in [0.15, 0.2) is 0 Å². The number of carbonyl (C=O) groups is 2. The molecule has 2 fully saturated rings. The van der Waals surface area contributed by atoms with Crippen LogP contribution in [0.4, 0.5) is 0 Å². The predicted octanol–water partition coefficient (Wildman–Crippen LogP) is 2.13. The van der Waals surface area contributed by atoms with Crippen LogP contribution in [0.5, 0.6) is 0 Å². The lowest BCUT2D eigenvalue weighted by Crippen LogP contribution is -2.43. The lowest BCUT2D eigenvalue weighted by molar-refractivity contribution is -0.144. The van der Waals surface area contributed by atoms with E-state index in [1.165, 1.54) is 0 Å². The maximum absolute atomic E-state index is 12.6. The third-order valence-corrected chi connectivity index (χ3v) is 4.91. The van der Waals surface area contributed by atoms with Gasteiger partial charge in [-0.05, 0) is 31.6 Å². The van der Waals surface area contributed by atoms with Gasteiger partial charge in [0, 0.05) is 18.5 Å². The summed E-state index contributed by atoms with van der Waals surface area (Å²) in [7, 11) is 0. The Hall–Kier alpha value is -1.06. The quantitative estimate of drug-likeness (QED) is 0.820. The zero-order valence-electron chi connectivity index (χ0n) is 11.5. The highest BCUT2D eigenvalue weighted by Gasteiger charge is 2.45. The first kappa shape index (κ1) is 13.4. The van der Waals surface area contributed by atoms with Crippen molar-refractivity contribution >= 4 is 11.9 Å². The van der Waals surface area contributed by atoms with E-state index in [-0.39, 0.29) is 23.3 Å². The first-order valence-electron chi connectivity index (χ1n) is 6.88. The Bertz CT molecular complexity index is 364. The molecule has 0 bridgehead atoms. The number of carboxylic acids is 1. The number of hydrogen-bond acceptors (Lipinski definition) is 2. The first-order valence-corrected chi connectivity index (χ1v) is 6.88. The Balaban J connectivity index is 2.09. The average molecular weight is 253 g/mol. The van der Waals surface area contributed by atoms with Gasteiger partial charge in [0.25, 0.3) is 0 Å². The Morgan fingerprint density at radius 2 is 1.94 bits per heavy atom. The van der Waals surface area contributed by atoms with E-state index in [0.29, 0.717) is 13.0 Å². The molecular formula is C14H23NO3. The molecule has 0 spiro atoms. The van der Waals surface area contributed by atoms with Crippen molar-refractivity contribution < 1.29 is 14.7 Å². The van der Waals surface area contributed by atoms with Gasteiger partial charge in [-0.25, -0.2) is 0 Å². The SMILES string of the molecule is CC1C(C(=O)O)CCN1C(=O)C1CCCC1(C)C. The van der Waals surface area contributed by atoms with Crippen molar-refractivity contribution in [1.82, 2.24) is 4.90 Å². The van der Waals surface area contributed by atoms with Crippen LogP contribution in [0.3, 0.4) is 0 Å². The highest BCUT2D eigenvalue weighted by atomic mass is 16.4. The molecule has 3 atom stereocenters. The second-order valence-corrected chi connectivity index (χ2v) is 6.44. The van der Waals surface area contributed by atoms with Gasteiger partial charge in [-0.3, -0.25) is 9.59 Å². The standard InChI is InChI=1S/C14H23NO3/c1-9-10(13(17)18)6-8-15(9)12(16)11-5-4-7-14(11,2)3/h9-11H,4-8H2,1-3H3,(H,17,18). The molecule has 1 N–H and O–H groups in total. The number of rotatable bonds is 2. The fraction of sp³-hybridized carbons (Fsp3) is 0.857. The molecule has 0 aromatic carbocycles. The molecule has 0 aromatic heterocycles. The molecular weight excluding hydrogens is 230 g/mol. The second-order valence-electron chi connectivity index (χ2n) is 6.44. The van der Waals surface area contributed by atoms with Crippen molar-refractivity contribution in [2.24, 2.45) is 17.3 Å². The minimum absolute atomic E-state index is 0.0676. The largest absolute Gasteiger partial charge is 0.481 e. The Morgan fingerprint density at radius 1 is 1.28 bits per heavy atom. The molecule has 0 radical (unpaired) electrons. The number of likely N-dealkylation sites (tertiary alicyclic amines) is 1. The van der Waals surface area contributed by atoms with E-state index in [1.54, 1.807) is 4.90 Å². The molecule has 1 heterocycles. The van der Waals surface area contributed by atoms with Gasteiger partial charge in [0.1, 0.15) is 0 Å². The van der Waals surface area contributed by atoms with Crippen molar-refractivity contribution in [1.29, 1.82) is 0 Å². The number of hydrogen-bond donors (Lipinski definition) is 1. The molecule has 102 valence electrons. The lowest BCUT2D eigenvalue weighted by atomic mass is 9.81. The van der Waals surface area contributed by atoms with Crippen LogP contribution in [0.25, 0.3) is 0 Å². The lowest BCUT2D eigenvalue weighted by Gasteiger charge is -2.32. The third-order valence-electron chi connectivity index (χ3n) is 4.91. The van der Waals surface area contributed by atoms with Gasteiger partial charge in [-0.15, -0.1) is 0 Å². The summed E-state index contributed by atoms with van der Waals surface area (Å²) in [6, 6.07) is -0.161. The summed E-state index contributed by atoms with van der Waals surface area (Å²) in [5.41, 5.74) is 0.0676. The number of amides is 1. The number of nitrogens with zero attached hydrogens (tertiary/aromatic N) is 1. The monoisotopic (exact) mass is 253 g/mol. The van der Waals surface area contributed by atoms with Crippen LogP contribution in [0.1, 0.15) is 46.5 Å². The van der Waals surface area contributed by atoms with E-state index < -0.39 is 11.9 Å². The molecule has 18 heavy (non-hydrogen) atoms. The third kappa shape index (κ3) is 2.13. The van der Waals surface area contributed by atoms with Gasteiger partial charge in [0.2, 0.25) is 5.91 Å². The van der Waals surface area contributed by atoms with Crippen LogP contribution >= 0.6 is 0 Å². The highest BCUT2D eigenvalue weighted by Crippen LogP contribution is 2.44. The van der Waals surface area contributed by atoms with E-state index in [2.05, 4.69) is 13.8 Å². The first-order chi connectivity index (χ1) is 8.34.